The average molecular weight is 414 g/mol. The number of nitrogens with one attached hydrogen (secondary N) is 1. The van der Waals surface area contributed by atoms with Crippen LogP contribution in [0.25, 0.3) is 0 Å². The maximum Gasteiger partial charge on any atom is 0.233 e. The van der Waals surface area contributed by atoms with E-state index in [1.165, 1.54) is 5.57 Å². The summed E-state index contributed by atoms with van der Waals surface area (Å²) in [6, 6.07) is 0. The van der Waals surface area contributed by atoms with Crippen molar-refractivity contribution in [3.8, 4) is 0 Å². The van der Waals surface area contributed by atoms with E-state index < -0.39 is 11.6 Å². The standard InChI is InChI=1S/C26H39NO3/c1-6-8-10-12-20-23(27-15-11-9-7-2)25(29)22(26(30)24(20)28)21-16-18(5)13-14-19(21)17(3)4/h16,19,21,27,29H,3,6-15H2,1-2,4-5H3/t19?,21-/m1/s1. The van der Waals surface area contributed by atoms with Crippen molar-refractivity contribution in [1.29, 1.82) is 0 Å². The SMILES string of the molecule is C=C(C)C1CCC(C)=C[C@H]1C1=C(O)C(NCCCCC)=C(CCCCC)C(=O)C1=O. The molecule has 0 heterocycles. The fourth-order valence-corrected chi connectivity index (χ4v) is 4.54. The van der Waals surface area contributed by atoms with E-state index in [2.05, 4.69) is 31.8 Å². The van der Waals surface area contributed by atoms with E-state index in [-0.39, 0.29) is 23.2 Å². The molecule has 0 amide bonds. The van der Waals surface area contributed by atoms with Crippen LogP contribution in [0, 0.1) is 11.8 Å². The number of carbonyl (C=O) groups excluding carboxylic acids is 2. The predicted octanol–water partition coefficient (Wildman–Crippen LogP) is 6.11. The molecule has 2 atom stereocenters. The molecule has 2 rings (SSSR count). The molecule has 0 radical (unpaired) electrons. The monoisotopic (exact) mass is 413 g/mol. The minimum Gasteiger partial charge on any atom is -0.505 e. The Hall–Kier alpha value is -2.10. The molecule has 2 aliphatic carbocycles. The molecule has 0 aromatic heterocycles. The number of unbranched alkanes of at least 4 members (excludes halogenated alkanes) is 4. The molecule has 0 saturated carbocycles. The summed E-state index contributed by atoms with van der Waals surface area (Å²) in [5.74, 6) is -1.25. The van der Waals surface area contributed by atoms with Crippen LogP contribution in [-0.4, -0.2) is 23.2 Å². The van der Waals surface area contributed by atoms with Crippen LogP contribution in [0.1, 0.15) is 85.5 Å². The number of ketones is 2. The first-order valence-corrected chi connectivity index (χ1v) is 11.7. The van der Waals surface area contributed by atoms with Crippen LogP contribution in [0.2, 0.25) is 0 Å². The normalized spacial score (nSPS) is 22.5. The zero-order valence-corrected chi connectivity index (χ0v) is 19.3. The first kappa shape index (κ1) is 24.2. The van der Waals surface area contributed by atoms with Gasteiger partial charge in [-0.15, -0.1) is 0 Å². The molecule has 166 valence electrons. The molecular formula is C26H39NO3. The van der Waals surface area contributed by atoms with Gasteiger partial charge in [0.05, 0.1) is 11.3 Å². The van der Waals surface area contributed by atoms with Crippen LogP contribution < -0.4 is 5.32 Å². The number of allylic oxidation sites excluding steroid dienone is 5. The summed E-state index contributed by atoms with van der Waals surface area (Å²) in [6.45, 7) is 13.1. The van der Waals surface area contributed by atoms with Crippen molar-refractivity contribution in [1.82, 2.24) is 5.32 Å². The van der Waals surface area contributed by atoms with Crippen LogP contribution in [0.5, 0.6) is 0 Å². The maximum atomic E-state index is 13.2. The number of aliphatic hydroxyl groups is 1. The highest BCUT2D eigenvalue weighted by atomic mass is 16.3. The first-order chi connectivity index (χ1) is 14.3. The van der Waals surface area contributed by atoms with Gasteiger partial charge in [-0.05, 0) is 51.9 Å². The van der Waals surface area contributed by atoms with E-state index in [4.69, 9.17) is 0 Å². The van der Waals surface area contributed by atoms with E-state index in [0.29, 0.717) is 24.2 Å². The van der Waals surface area contributed by atoms with Crippen molar-refractivity contribution in [2.24, 2.45) is 11.8 Å². The van der Waals surface area contributed by atoms with Gasteiger partial charge in [0.25, 0.3) is 0 Å². The fourth-order valence-electron chi connectivity index (χ4n) is 4.54. The van der Waals surface area contributed by atoms with Crippen LogP contribution in [0.15, 0.2) is 46.4 Å². The highest BCUT2D eigenvalue weighted by Crippen LogP contribution is 2.41. The third-order valence-electron chi connectivity index (χ3n) is 6.34. The minimum atomic E-state index is -0.541. The Morgan fingerprint density at radius 3 is 2.43 bits per heavy atom. The lowest BCUT2D eigenvalue weighted by atomic mass is 9.70. The Morgan fingerprint density at radius 2 is 1.80 bits per heavy atom. The number of hydrogen-bond acceptors (Lipinski definition) is 4. The van der Waals surface area contributed by atoms with Gasteiger partial charge in [0.1, 0.15) is 5.76 Å². The molecule has 1 unspecified atom stereocenters. The van der Waals surface area contributed by atoms with Gasteiger partial charge in [0, 0.05) is 18.0 Å². The Balaban J connectivity index is 2.50. The molecule has 0 aromatic rings. The molecule has 2 aliphatic rings. The summed E-state index contributed by atoms with van der Waals surface area (Å²) < 4.78 is 0. The topological polar surface area (TPSA) is 66.4 Å². The zero-order chi connectivity index (χ0) is 22.3. The number of Topliss-reactive ketones (excluding diaryl/α,β-unsaturated/α-hetero) is 2. The summed E-state index contributed by atoms with van der Waals surface area (Å²) in [6.07, 6.45) is 10.4. The molecular weight excluding hydrogens is 374 g/mol. The molecule has 0 spiro atoms. The van der Waals surface area contributed by atoms with Gasteiger partial charge in [-0.2, -0.15) is 0 Å². The van der Waals surface area contributed by atoms with E-state index in [1.807, 2.05) is 13.8 Å². The molecule has 4 heteroatoms. The summed E-state index contributed by atoms with van der Waals surface area (Å²) in [4.78, 5) is 26.3. The van der Waals surface area contributed by atoms with Gasteiger partial charge in [0.2, 0.25) is 11.6 Å². The Kier molecular flexibility index (Phi) is 9.13. The summed E-state index contributed by atoms with van der Waals surface area (Å²) in [5, 5.41) is 14.6. The van der Waals surface area contributed by atoms with Crippen molar-refractivity contribution in [3.05, 3.63) is 46.4 Å². The summed E-state index contributed by atoms with van der Waals surface area (Å²) >= 11 is 0. The lowest BCUT2D eigenvalue weighted by Gasteiger charge is -2.34. The summed E-state index contributed by atoms with van der Waals surface area (Å²) in [7, 11) is 0. The van der Waals surface area contributed by atoms with E-state index in [0.717, 1.165) is 56.9 Å². The summed E-state index contributed by atoms with van der Waals surface area (Å²) in [5.41, 5.74) is 3.37. The Morgan fingerprint density at radius 1 is 1.13 bits per heavy atom. The molecule has 30 heavy (non-hydrogen) atoms. The van der Waals surface area contributed by atoms with Crippen molar-refractivity contribution in [3.63, 3.8) is 0 Å². The van der Waals surface area contributed by atoms with Gasteiger partial charge < -0.3 is 10.4 Å². The van der Waals surface area contributed by atoms with Gasteiger partial charge in [-0.3, -0.25) is 9.59 Å². The van der Waals surface area contributed by atoms with Crippen LogP contribution in [0.4, 0.5) is 0 Å². The van der Waals surface area contributed by atoms with Gasteiger partial charge in [0.15, 0.2) is 0 Å². The van der Waals surface area contributed by atoms with Gasteiger partial charge in [-0.1, -0.05) is 63.3 Å². The second kappa shape index (κ2) is 11.3. The fraction of sp³-hybridized carbons (Fsp3) is 0.615. The molecule has 0 bridgehead atoms. The van der Waals surface area contributed by atoms with E-state index in [1.54, 1.807) is 0 Å². The molecule has 0 saturated heterocycles. The molecule has 4 nitrogen and oxygen atoms in total. The minimum absolute atomic E-state index is 0.0233. The largest absolute Gasteiger partial charge is 0.505 e. The maximum absolute atomic E-state index is 13.2. The predicted molar refractivity (Wildman–Crippen MR) is 123 cm³/mol. The van der Waals surface area contributed by atoms with Crippen molar-refractivity contribution >= 4 is 11.6 Å². The average Bonchev–Trinajstić information content (AvgIpc) is 2.70. The van der Waals surface area contributed by atoms with Crippen LogP contribution in [-0.2, 0) is 9.59 Å². The Labute approximate surface area is 182 Å². The van der Waals surface area contributed by atoms with Gasteiger partial charge >= 0.3 is 0 Å². The molecule has 0 fully saturated rings. The highest BCUT2D eigenvalue weighted by Gasteiger charge is 2.41. The van der Waals surface area contributed by atoms with Gasteiger partial charge in [-0.25, -0.2) is 0 Å². The Bertz CT molecular complexity index is 769. The zero-order valence-electron chi connectivity index (χ0n) is 19.3. The van der Waals surface area contributed by atoms with Crippen molar-refractivity contribution < 1.29 is 14.7 Å². The molecule has 2 N–H and O–H groups in total. The van der Waals surface area contributed by atoms with Crippen LogP contribution in [0.3, 0.4) is 0 Å². The van der Waals surface area contributed by atoms with Crippen LogP contribution >= 0.6 is 0 Å². The first-order valence-electron chi connectivity index (χ1n) is 11.7. The lowest BCUT2D eigenvalue weighted by molar-refractivity contribution is -0.133. The second-order valence-corrected chi connectivity index (χ2v) is 8.90. The number of rotatable bonds is 11. The number of aliphatic hydroxyl groups excluding tert-OH is 1. The quantitative estimate of drug-likeness (QED) is 0.185. The smallest absolute Gasteiger partial charge is 0.233 e. The van der Waals surface area contributed by atoms with Crippen molar-refractivity contribution in [2.45, 2.75) is 85.5 Å². The van der Waals surface area contributed by atoms with E-state index >= 15 is 0 Å². The molecule has 0 aromatic carbocycles. The molecule has 0 aliphatic heterocycles. The van der Waals surface area contributed by atoms with Crippen molar-refractivity contribution in [2.75, 3.05) is 6.54 Å². The lowest BCUT2D eigenvalue weighted by Crippen LogP contribution is -2.36. The van der Waals surface area contributed by atoms with E-state index in [9.17, 15) is 14.7 Å². The number of hydrogen-bond donors (Lipinski definition) is 2. The highest BCUT2D eigenvalue weighted by molar-refractivity contribution is 6.50. The third-order valence-corrected chi connectivity index (χ3v) is 6.34. The number of carbonyl (C=O) groups is 2. The third kappa shape index (κ3) is 5.53. The second-order valence-electron chi connectivity index (χ2n) is 8.90.